The molecule has 0 bridgehead atoms. The topological polar surface area (TPSA) is 14.8 Å². The summed E-state index contributed by atoms with van der Waals surface area (Å²) in [6.45, 7) is 0. The Balaban J connectivity index is 0.984. The van der Waals surface area contributed by atoms with Gasteiger partial charge in [0.2, 0.25) is 0 Å². The van der Waals surface area contributed by atoms with Crippen molar-refractivity contribution in [1.29, 1.82) is 0 Å². The molecule has 0 N–H and O–H groups in total. The molecule has 0 aliphatic carbocycles. The molecule has 0 saturated carbocycles. The minimum Gasteiger partial charge on any atom is -0.309 e. The Morgan fingerprint density at radius 3 is 1.14 bits per heavy atom. The molecule has 0 spiro atoms. The average Bonchev–Trinajstić information content (AvgIpc) is 4.09. The van der Waals surface area contributed by atoms with E-state index in [9.17, 15) is 0 Å². The maximum Gasteiger partial charge on any atom is 0.179 e. The van der Waals surface area contributed by atoms with Gasteiger partial charge in [0, 0.05) is 38.6 Å². The fourth-order valence-electron chi connectivity index (χ4n) is 11.8. The molecule has 0 amide bonds. The van der Waals surface area contributed by atoms with Crippen LogP contribution in [0, 0.1) is 0 Å². The molecule has 3 nitrogen and oxygen atoms in total. The Hall–Kier alpha value is -8.96. The molecule has 3 aromatic heterocycles. The highest BCUT2D eigenvalue weighted by Gasteiger charge is 2.42. The van der Waals surface area contributed by atoms with Gasteiger partial charge in [-0.1, -0.05) is 200 Å². The number of nitrogens with zero attached hydrogens (tertiary/aromatic N) is 3. The smallest absolute Gasteiger partial charge is 0.179 e. The van der Waals surface area contributed by atoms with Crippen LogP contribution in [0.1, 0.15) is 0 Å². The molecule has 0 fully saturated rings. The standard InChI is InChI=1S/C66H45N3Si/c1-6-20-46(21-7-1)48-42-49(47-22-8-2-9-23-47)44-56(43-48)70(53-26-12-4-13-27-53,54-28-14-5-15-29-54)55-39-36-51(37-40-55)67-59-31-17-16-30-57(59)58-41-38-52(45-64(58)67)69-62-34-18-32-60-65(62)66-61(33-19-35-63(66)69)68(60)50-24-10-3-11-25-50/h1-45H. The first-order valence-corrected chi connectivity index (χ1v) is 26.2. The number of hydrogen-bond donors (Lipinski definition) is 0. The molecule has 14 rings (SSSR count). The fourth-order valence-corrected chi connectivity index (χ4v) is 16.6. The number of rotatable bonds is 9. The zero-order valence-electron chi connectivity index (χ0n) is 38.3. The molecule has 4 heteroatoms. The molecule has 0 aliphatic heterocycles. The second kappa shape index (κ2) is 16.1. The molecular formula is C66H45N3Si. The van der Waals surface area contributed by atoms with E-state index in [0.717, 1.165) is 11.4 Å². The van der Waals surface area contributed by atoms with Gasteiger partial charge in [-0.2, -0.15) is 0 Å². The summed E-state index contributed by atoms with van der Waals surface area (Å²) >= 11 is 0. The van der Waals surface area contributed by atoms with Gasteiger partial charge in [0.25, 0.3) is 0 Å². The lowest BCUT2D eigenvalue weighted by atomic mass is 9.99. The summed E-state index contributed by atoms with van der Waals surface area (Å²) in [6.07, 6.45) is 0. The van der Waals surface area contributed by atoms with E-state index < -0.39 is 8.07 Å². The highest BCUT2D eigenvalue weighted by molar-refractivity contribution is 7.20. The van der Waals surface area contributed by atoms with E-state index in [1.807, 2.05) is 0 Å². The third kappa shape index (κ3) is 6.07. The minimum absolute atomic E-state index is 1.13. The molecule has 0 aliphatic rings. The summed E-state index contributed by atoms with van der Waals surface area (Å²) < 4.78 is 7.36. The van der Waals surface area contributed by atoms with Crippen molar-refractivity contribution in [2.45, 2.75) is 0 Å². The minimum atomic E-state index is -2.98. The Morgan fingerprint density at radius 1 is 0.214 bits per heavy atom. The van der Waals surface area contributed by atoms with Crippen LogP contribution < -0.4 is 20.7 Å². The van der Waals surface area contributed by atoms with Gasteiger partial charge in [0.1, 0.15) is 0 Å². The lowest BCUT2D eigenvalue weighted by Crippen LogP contribution is -2.74. The molecule has 0 unspecified atom stereocenters. The number of fused-ring (bicyclic) bond motifs is 3. The summed E-state index contributed by atoms with van der Waals surface area (Å²) in [5.41, 5.74) is 15.5. The number of para-hydroxylation sites is 2. The fraction of sp³-hybridized carbons (Fsp3) is 0. The van der Waals surface area contributed by atoms with E-state index >= 15 is 0 Å². The van der Waals surface area contributed by atoms with Crippen molar-refractivity contribution in [2.75, 3.05) is 0 Å². The predicted octanol–water partition coefficient (Wildman–Crippen LogP) is 14.0. The zero-order valence-corrected chi connectivity index (χ0v) is 39.3. The Kier molecular flexibility index (Phi) is 9.23. The molecule has 11 aromatic carbocycles. The van der Waals surface area contributed by atoms with Crippen molar-refractivity contribution in [3.05, 3.63) is 273 Å². The molecule has 14 aromatic rings. The predicted molar refractivity (Wildman–Crippen MR) is 298 cm³/mol. The normalized spacial score (nSPS) is 12.0. The third-order valence-corrected chi connectivity index (χ3v) is 19.5. The van der Waals surface area contributed by atoms with E-state index in [0.29, 0.717) is 0 Å². The van der Waals surface area contributed by atoms with Gasteiger partial charge in [0.05, 0.1) is 33.1 Å². The zero-order chi connectivity index (χ0) is 46.2. The Bertz CT molecular complexity index is 4030. The monoisotopic (exact) mass is 907 g/mol. The molecule has 0 saturated heterocycles. The van der Waals surface area contributed by atoms with Crippen LogP contribution in [-0.4, -0.2) is 21.8 Å². The van der Waals surface area contributed by atoms with E-state index in [1.54, 1.807) is 0 Å². The van der Waals surface area contributed by atoms with Crippen LogP contribution in [0.15, 0.2) is 273 Å². The van der Waals surface area contributed by atoms with E-state index in [2.05, 4.69) is 287 Å². The lowest BCUT2D eigenvalue weighted by Gasteiger charge is -2.35. The van der Waals surface area contributed by atoms with Crippen molar-refractivity contribution >= 4 is 83.5 Å². The number of hydrogen-bond acceptors (Lipinski definition) is 0. The van der Waals surface area contributed by atoms with Crippen molar-refractivity contribution in [2.24, 2.45) is 0 Å². The van der Waals surface area contributed by atoms with Crippen LogP contribution in [0.25, 0.3) is 94.0 Å². The Labute approximate surface area is 407 Å². The van der Waals surface area contributed by atoms with Gasteiger partial charge < -0.3 is 13.7 Å². The second-order valence-corrected chi connectivity index (χ2v) is 22.3. The first kappa shape index (κ1) is 40.1. The maximum absolute atomic E-state index is 2.98. The lowest BCUT2D eigenvalue weighted by molar-refractivity contribution is 1.15. The summed E-state index contributed by atoms with van der Waals surface area (Å²) in [5, 5.41) is 10.4. The highest BCUT2D eigenvalue weighted by Crippen LogP contribution is 2.43. The summed E-state index contributed by atoms with van der Waals surface area (Å²) in [4.78, 5) is 0. The van der Waals surface area contributed by atoms with Crippen molar-refractivity contribution in [3.63, 3.8) is 0 Å². The van der Waals surface area contributed by atoms with Gasteiger partial charge in [0.15, 0.2) is 8.07 Å². The van der Waals surface area contributed by atoms with Crippen LogP contribution in [-0.2, 0) is 0 Å². The Morgan fingerprint density at radius 2 is 0.600 bits per heavy atom. The van der Waals surface area contributed by atoms with Crippen LogP contribution in [0.4, 0.5) is 0 Å². The third-order valence-electron chi connectivity index (χ3n) is 14.7. The van der Waals surface area contributed by atoms with Crippen LogP contribution in [0.3, 0.4) is 0 Å². The van der Waals surface area contributed by atoms with E-state index in [1.165, 1.54) is 103 Å². The first-order valence-electron chi connectivity index (χ1n) is 24.2. The number of aromatic nitrogens is 3. The quantitative estimate of drug-likeness (QED) is 0.101. The van der Waals surface area contributed by atoms with Crippen LogP contribution in [0.2, 0.25) is 0 Å². The van der Waals surface area contributed by atoms with Crippen LogP contribution in [0.5, 0.6) is 0 Å². The van der Waals surface area contributed by atoms with Gasteiger partial charge in [-0.05, 0) is 116 Å². The summed E-state index contributed by atoms with van der Waals surface area (Å²) in [5.74, 6) is 0. The maximum atomic E-state index is 2.48. The summed E-state index contributed by atoms with van der Waals surface area (Å²) in [6, 6.07) is 101. The van der Waals surface area contributed by atoms with Crippen molar-refractivity contribution < 1.29 is 0 Å². The SMILES string of the molecule is c1ccc(-c2cc(-c3ccccc3)cc([Si](c3ccccc3)(c3ccccc3)c3ccc(-n4c5ccccc5c5ccc(-n6c7cccc8c7c7c(cccc76)n8-c6ccccc6)cc54)cc3)c2)cc1. The van der Waals surface area contributed by atoms with Gasteiger partial charge in [-0.15, -0.1) is 0 Å². The first-order chi connectivity index (χ1) is 34.7. The summed E-state index contributed by atoms with van der Waals surface area (Å²) in [7, 11) is -2.98. The molecule has 3 heterocycles. The van der Waals surface area contributed by atoms with Gasteiger partial charge in [-0.3, -0.25) is 0 Å². The highest BCUT2D eigenvalue weighted by atomic mass is 28.3. The van der Waals surface area contributed by atoms with Crippen molar-refractivity contribution in [3.8, 4) is 39.3 Å². The van der Waals surface area contributed by atoms with E-state index in [4.69, 9.17) is 0 Å². The average molecular weight is 908 g/mol. The number of benzene rings is 11. The molecule has 70 heavy (non-hydrogen) atoms. The second-order valence-electron chi connectivity index (χ2n) is 18.5. The van der Waals surface area contributed by atoms with Crippen LogP contribution >= 0.6 is 0 Å². The van der Waals surface area contributed by atoms with Gasteiger partial charge in [-0.25, -0.2) is 0 Å². The molecule has 0 radical (unpaired) electrons. The molecule has 0 atom stereocenters. The van der Waals surface area contributed by atoms with Gasteiger partial charge >= 0.3 is 0 Å². The van der Waals surface area contributed by atoms with Crippen molar-refractivity contribution in [1.82, 2.24) is 13.7 Å². The largest absolute Gasteiger partial charge is 0.309 e. The molecular weight excluding hydrogens is 863 g/mol. The van der Waals surface area contributed by atoms with E-state index in [-0.39, 0.29) is 0 Å². The molecule has 328 valence electrons.